The van der Waals surface area contributed by atoms with E-state index in [4.69, 9.17) is 10.2 Å². The number of aliphatic hydroxyl groups is 3. The van der Waals surface area contributed by atoms with Crippen molar-refractivity contribution in [2.24, 2.45) is 0 Å². The summed E-state index contributed by atoms with van der Waals surface area (Å²) in [4.78, 5) is 0. The van der Waals surface area contributed by atoms with E-state index in [1.54, 1.807) is 0 Å². The van der Waals surface area contributed by atoms with Crippen LogP contribution in [0.15, 0.2) is 0 Å². The van der Waals surface area contributed by atoms with E-state index in [-0.39, 0.29) is 6.23 Å². The maximum atomic E-state index is 9.74. The predicted molar refractivity (Wildman–Crippen MR) is 102 cm³/mol. The van der Waals surface area contributed by atoms with E-state index in [1.807, 2.05) is 0 Å². The van der Waals surface area contributed by atoms with Gasteiger partial charge in [0.05, 0.1) is 0 Å². The second kappa shape index (κ2) is 19.2. The lowest BCUT2D eigenvalue weighted by atomic mass is 10.0. The zero-order valence-electron chi connectivity index (χ0n) is 16.0. The van der Waals surface area contributed by atoms with E-state index < -0.39 is 6.29 Å². The Kier molecular flexibility index (Phi) is 19.0. The summed E-state index contributed by atoms with van der Waals surface area (Å²) in [5.41, 5.74) is 0. The minimum absolute atomic E-state index is 0.308. The van der Waals surface area contributed by atoms with Crippen LogP contribution in [0, 0.1) is 0 Å². The van der Waals surface area contributed by atoms with Crippen molar-refractivity contribution in [1.82, 2.24) is 5.32 Å². The Morgan fingerprint density at radius 2 is 1.00 bits per heavy atom. The highest BCUT2D eigenvalue weighted by atomic mass is 16.5. The summed E-state index contributed by atoms with van der Waals surface area (Å²) in [6.07, 6.45) is 17.2. The SMILES string of the molecule is CCCCNC(O)CCCCCCCCCCCCCCC(O)O. The number of rotatable bonds is 19. The Hall–Kier alpha value is -0.160. The van der Waals surface area contributed by atoms with Gasteiger partial charge in [0.2, 0.25) is 0 Å². The van der Waals surface area contributed by atoms with E-state index in [9.17, 15) is 5.11 Å². The van der Waals surface area contributed by atoms with Crippen LogP contribution in [0.2, 0.25) is 0 Å². The molecule has 0 aromatic carbocycles. The molecule has 0 aromatic rings. The molecule has 0 aliphatic carbocycles. The van der Waals surface area contributed by atoms with E-state index >= 15 is 0 Å². The van der Waals surface area contributed by atoms with Crippen LogP contribution in [0.3, 0.4) is 0 Å². The fourth-order valence-corrected chi connectivity index (χ4v) is 2.98. The van der Waals surface area contributed by atoms with Crippen molar-refractivity contribution in [2.45, 2.75) is 122 Å². The summed E-state index contributed by atoms with van der Waals surface area (Å²) < 4.78 is 0. The van der Waals surface area contributed by atoms with Crippen LogP contribution in [0.4, 0.5) is 0 Å². The topological polar surface area (TPSA) is 72.7 Å². The summed E-state index contributed by atoms with van der Waals surface area (Å²) in [5.74, 6) is 0. The summed E-state index contributed by atoms with van der Waals surface area (Å²) >= 11 is 0. The van der Waals surface area contributed by atoms with Crippen molar-refractivity contribution < 1.29 is 15.3 Å². The van der Waals surface area contributed by atoms with E-state index in [0.717, 1.165) is 38.6 Å². The van der Waals surface area contributed by atoms with Crippen LogP contribution < -0.4 is 5.32 Å². The van der Waals surface area contributed by atoms with Crippen LogP contribution >= 0.6 is 0 Å². The standard InChI is InChI=1S/C20H43NO3/c1-2-3-18-21-19(22)16-14-12-10-8-6-4-5-7-9-11-13-15-17-20(23)24/h19-24H,2-18H2,1H3. The first-order valence-electron chi connectivity index (χ1n) is 10.4. The second-order valence-electron chi connectivity index (χ2n) is 7.12. The van der Waals surface area contributed by atoms with Crippen molar-refractivity contribution >= 4 is 0 Å². The molecule has 0 aliphatic heterocycles. The molecule has 0 aromatic heterocycles. The fourth-order valence-electron chi connectivity index (χ4n) is 2.98. The zero-order chi connectivity index (χ0) is 17.9. The monoisotopic (exact) mass is 345 g/mol. The third-order valence-corrected chi connectivity index (χ3v) is 4.60. The van der Waals surface area contributed by atoms with Crippen molar-refractivity contribution in [3.8, 4) is 0 Å². The summed E-state index contributed by atoms with van der Waals surface area (Å²) in [7, 11) is 0. The minimum atomic E-state index is -1.12. The van der Waals surface area contributed by atoms with Crippen LogP contribution in [-0.4, -0.2) is 34.4 Å². The number of hydrogen-bond acceptors (Lipinski definition) is 4. The Bertz CT molecular complexity index is 237. The first-order valence-corrected chi connectivity index (χ1v) is 10.4. The van der Waals surface area contributed by atoms with Gasteiger partial charge in [-0.25, -0.2) is 0 Å². The first-order chi connectivity index (χ1) is 11.7. The van der Waals surface area contributed by atoms with Crippen LogP contribution in [-0.2, 0) is 0 Å². The number of unbranched alkanes of at least 4 members (excludes halogenated alkanes) is 12. The molecule has 0 heterocycles. The molecule has 0 amide bonds. The highest BCUT2D eigenvalue weighted by Crippen LogP contribution is 2.13. The van der Waals surface area contributed by atoms with E-state index in [1.165, 1.54) is 64.2 Å². The van der Waals surface area contributed by atoms with Gasteiger partial charge < -0.3 is 15.3 Å². The highest BCUT2D eigenvalue weighted by Gasteiger charge is 2.01. The Morgan fingerprint density at radius 3 is 1.42 bits per heavy atom. The first kappa shape index (κ1) is 23.8. The Labute approximate surface area is 150 Å². The maximum Gasteiger partial charge on any atom is 0.151 e. The number of hydrogen-bond donors (Lipinski definition) is 4. The minimum Gasteiger partial charge on any atom is -0.379 e. The molecule has 4 nitrogen and oxygen atoms in total. The molecule has 0 fully saturated rings. The molecule has 0 saturated carbocycles. The molecule has 0 bridgehead atoms. The largest absolute Gasteiger partial charge is 0.379 e. The number of aliphatic hydroxyl groups excluding tert-OH is 2. The average Bonchev–Trinajstić information content (AvgIpc) is 2.55. The molecule has 4 N–H and O–H groups in total. The van der Waals surface area contributed by atoms with E-state index in [0.29, 0.717) is 6.42 Å². The van der Waals surface area contributed by atoms with Crippen molar-refractivity contribution in [2.75, 3.05) is 6.54 Å². The van der Waals surface area contributed by atoms with Gasteiger partial charge in [0, 0.05) is 0 Å². The lowest BCUT2D eigenvalue weighted by Crippen LogP contribution is -2.29. The molecule has 0 spiro atoms. The van der Waals surface area contributed by atoms with E-state index in [2.05, 4.69) is 12.2 Å². The Morgan fingerprint density at radius 1 is 0.583 bits per heavy atom. The third-order valence-electron chi connectivity index (χ3n) is 4.60. The van der Waals surface area contributed by atoms with Crippen molar-refractivity contribution in [1.29, 1.82) is 0 Å². The predicted octanol–water partition coefficient (Wildman–Crippen LogP) is 4.47. The van der Waals surface area contributed by atoms with Crippen molar-refractivity contribution in [3.63, 3.8) is 0 Å². The molecule has 146 valence electrons. The molecule has 1 unspecified atom stereocenters. The highest BCUT2D eigenvalue weighted by molar-refractivity contribution is 4.55. The van der Waals surface area contributed by atoms with Gasteiger partial charge in [-0.3, -0.25) is 5.32 Å². The van der Waals surface area contributed by atoms with Gasteiger partial charge in [-0.1, -0.05) is 77.6 Å². The maximum absolute atomic E-state index is 9.74. The smallest absolute Gasteiger partial charge is 0.151 e. The molecule has 1 atom stereocenters. The molecule has 0 aliphatic rings. The molecule has 24 heavy (non-hydrogen) atoms. The summed E-state index contributed by atoms with van der Waals surface area (Å²) in [6, 6.07) is 0. The quantitative estimate of drug-likeness (QED) is 0.206. The van der Waals surface area contributed by atoms with Gasteiger partial charge in [-0.2, -0.15) is 0 Å². The lowest BCUT2D eigenvalue weighted by molar-refractivity contribution is -0.0466. The molecule has 0 saturated heterocycles. The van der Waals surface area contributed by atoms with Gasteiger partial charge in [-0.05, 0) is 38.6 Å². The van der Waals surface area contributed by atoms with Crippen molar-refractivity contribution in [3.05, 3.63) is 0 Å². The molecular formula is C20H43NO3. The second-order valence-corrected chi connectivity index (χ2v) is 7.12. The molecule has 0 radical (unpaired) electrons. The molecular weight excluding hydrogens is 302 g/mol. The summed E-state index contributed by atoms with van der Waals surface area (Å²) in [5, 5.41) is 30.4. The number of nitrogens with one attached hydrogen (secondary N) is 1. The normalized spacial score (nSPS) is 12.9. The van der Waals surface area contributed by atoms with Gasteiger partial charge in [0.15, 0.2) is 6.29 Å². The van der Waals surface area contributed by atoms with Crippen LogP contribution in [0.1, 0.15) is 110 Å². The van der Waals surface area contributed by atoms with Crippen LogP contribution in [0.5, 0.6) is 0 Å². The van der Waals surface area contributed by atoms with Gasteiger partial charge in [0.1, 0.15) is 6.23 Å². The Balaban J connectivity index is 3.07. The average molecular weight is 346 g/mol. The molecule has 4 heteroatoms. The lowest BCUT2D eigenvalue weighted by Gasteiger charge is -2.12. The summed E-state index contributed by atoms with van der Waals surface area (Å²) in [6.45, 7) is 3.10. The van der Waals surface area contributed by atoms with Gasteiger partial charge in [-0.15, -0.1) is 0 Å². The molecule has 0 rings (SSSR count). The van der Waals surface area contributed by atoms with Gasteiger partial charge >= 0.3 is 0 Å². The van der Waals surface area contributed by atoms with Crippen LogP contribution in [0.25, 0.3) is 0 Å². The van der Waals surface area contributed by atoms with Gasteiger partial charge in [0.25, 0.3) is 0 Å². The fraction of sp³-hybridized carbons (Fsp3) is 1.00. The zero-order valence-corrected chi connectivity index (χ0v) is 16.0. The third kappa shape index (κ3) is 19.9.